The number of ether oxygens (including phenoxy) is 2. The lowest BCUT2D eigenvalue weighted by Gasteiger charge is -2.31. The van der Waals surface area contributed by atoms with Crippen molar-refractivity contribution in [2.75, 3.05) is 13.2 Å². The highest BCUT2D eigenvalue weighted by Crippen LogP contribution is 2.26. The van der Waals surface area contributed by atoms with E-state index in [1.807, 2.05) is 32.0 Å². The van der Waals surface area contributed by atoms with E-state index >= 15 is 0 Å². The van der Waals surface area contributed by atoms with Crippen molar-refractivity contribution in [3.05, 3.63) is 48.0 Å². The molecule has 0 fully saturated rings. The van der Waals surface area contributed by atoms with Crippen molar-refractivity contribution in [3.8, 4) is 0 Å². The fourth-order valence-electron chi connectivity index (χ4n) is 2.21. The van der Waals surface area contributed by atoms with Crippen molar-refractivity contribution in [2.24, 2.45) is 0 Å². The van der Waals surface area contributed by atoms with Crippen LogP contribution in [0.2, 0.25) is 0 Å². The first-order valence-corrected chi connectivity index (χ1v) is 7.99. The number of benzene rings is 1. The van der Waals surface area contributed by atoms with Crippen LogP contribution in [0.1, 0.15) is 50.4 Å². The quantitative estimate of drug-likeness (QED) is 0.284. The van der Waals surface area contributed by atoms with Crippen LogP contribution in [-0.2, 0) is 14.3 Å². The zero-order valence-electron chi connectivity index (χ0n) is 14.3. The smallest absolute Gasteiger partial charge is 0.333 e. The Morgan fingerprint density at radius 2 is 1.74 bits per heavy atom. The van der Waals surface area contributed by atoms with Gasteiger partial charge in [0.2, 0.25) is 0 Å². The molecule has 0 aliphatic heterocycles. The molecule has 1 aromatic rings. The Labute approximate surface area is 138 Å². The van der Waals surface area contributed by atoms with Gasteiger partial charge in [0.1, 0.15) is 12.2 Å². The van der Waals surface area contributed by atoms with Gasteiger partial charge < -0.3 is 9.47 Å². The molecule has 1 rings (SSSR count). The van der Waals surface area contributed by atoms with Gasteiger partial charge in [-0.05, 0) is 19.8 Å². The highest BCUT2D eigenvalue weighted by molar-refractivity contribution is 5.97. The Morgan fingerprint density at radius 1 is 1.13 bits per heavy atom. The Morgan fingerprint density at radius 3 is 2.26 bits per heavy atom. The van der Waals surface area contributed by atoms with Gasteiger partial charge in [-0.15, -0.1) is 0 Å². The molecule has 0 heterocycles. The van der Waals surface area contributed by atoms with Crippen molar-refractivity contribution < 1.29 is 19.1 Å². The van der Waals surface area contributed by atoms with Gasteiger partial charge in [-0.3, -0.25) is 4.79 Å². The number of carbonyl (C=O) groups excluding carboxylic acids is 2. The van der Waals surface area contributed by atoms with Gasteiger partial charge in [0.25, 0.3) is 0 Å². The highest BCUT2D eigenvalue weighted by atomic mass is 16.6. The van der Waals surface area contributed by atoms with E-state index in [0.717, 1.165) is 0 Å². The van der Waals surface area contributed by atoms with Crippen LogP contribution in [0.5, 0.6) is 0 Å². The van der Waals surface area contributed by atoms with Gasteiger partial charge >= 0.3 is 5.97 Å². The van der Waals surface area contributed by atoms with Crippen LogP contribution in [0.4, 0.5) is 0 Å². The summed E-state index contributed by atoms with van der Waals surface area (Å²) in [4.78, 5) is 23.7. The molecule has 4 heteroatoms. The summed E-state index contributed by atoms with van der Waals surface area (Å²) in [5, 5.41) is 0. The maximum Gasteiger partial charge on any atom is 0.333 e. The van der Waals surface area contributed by atoms with E-state index in [4.69, 9.17) is 9.47 Å². The molecule has 0 saturated heterocycles. The van der Waals surface area contributed by atoms with Crippen LogP contribution in [0.15, 0.2) is 42.5 Å². The summed E-state index contributed by atoms with van der Waals surface area (Å²) < 4.78 is 11.1. The van der Waals surface area contributed by atoms with Gasteiger partial charge in [0.05, 0.1) is 6.61 Å². The second kappa shape index (κ2) is 9.26. The monoisotopic (exact) mass is 318 g/mol. The largest absolute Gasteiger partial charge is 0.456 e. The Kier molecular flexibility index (Phi) is 7.69. The second-order valence-corrected chi connectivity index (χ2v) is 5.65. The normalized spacial score (nSPS) is 11.1. The van der Waals surface area contributed by atoms with E-state index in [0.29, 0.717) is 37.0 Å². The van der Waals surface area contributed by atoms with Crippen molar-refractivity contribution >= 4 is 11.8 Å². The van der Waals surface area contributed by atoms with E-state index in [1.165, 1.54) is 0 Å². The first-order chi connectivity index (χ1) is 10.9. The minimum Gasteiger partial charge on any atom is -0.456 e. The zero-order chi connectivity index (χ0) is 17.3. The first-order valence-electron chi connectivity index (χ1n) is 7.99. The molecule has 23 heavy (non-hydrogen) atoms. The summed E-state index contributed by atoms with van der Waals surface area (Å²) in [6, 6.07) is 9.04. The van der Waals surface area contributed by atoms with Crippen LogP contribution in [0, 0.1) is 0 Å². The number of hydrogen-bond donors (Lipinski definition) is 0. The van der Waals surface area contributed by atoms with Crippen LogP contribution in [0.3, 0.4) is 0 Å². The molecule has 0 saturated carbocycles. The zero-order valence-corrected chi connectivity index (χ0v) is 14.3. The molecular formula is C19H26O4. The predicted molar refractivity (Wildman–Crippen MR) is 90.4 cm³/mol. The minimum atomic E-state index is -0.564. The second-order valence-electron chi connectivity index (χ2n) is 5.65. The molecule has 0 radical (unpaired) electrons. The molecule has 0 aliphatic carbocycles. The topological polar surface area (TPSA) is 52.6 Å². The Balaban J connectivity index is 2.48. The molecule has 1 aromatic carbocycles. The maximum absolute atomic E-state index is 12.0. The molecule has 0 aliphatic rings. The van der Waals surface area contributed by atoms with Crippen LogP contribution in [0.25, 0.3) is 0 Å². The fourth-order valence-corrected chi connectivity index (χ4v) is 2.21. The third-order valence-electron chi connectivity index (χ3n) is 3.98. The number of esters is 1. The van der Waals surface area contributed by atoms with E-state index in [-0.39, 0.29) is 18.4 Å². The Hall–Kier alpha value is -1.94. The van der Waals surface area contributed by atoms with Gasteiger partial charge in [-0.1, -0.05) is 50.8 Å². The van der Waals surface area contributed by atoms with Crippen LogP contribution < -0.4 is 0 Å². The number of carbonyl (C=O) groups is 2. The van der Waals surface area contributed by atoms with E-state index in [9.17, 15) is 9.59 Å². The summed E-state index contributed by atoms with van der Waals surface area (Å²) in [6.45, 7) is 9.59. The molecule has 0 N–H and O–H groups in total. The summed E-state index contributed by atoms with van der Waals surface area (Å²) in [5.74, 6) is -0.433. The molecular weight excluding hydrogens is 292 g/mol. The summed E-state index contributed by atoms with van der Waals surface area (Å²) in [6.07, 6.45) is 1.94. The summed E-state index contributed by atoms with van der Waals surface area (Å²) >= 11 is 0. The number of hydrogen-bond acceptors (Lipinski definition) is 4. The Bertz CT molecular complexity index is 530. The lowest BCUT2D eigenvalue weighted by molar-refractivity contribution is -0.157. The van der Waals surface area contributed by atoms with E-state index in [1.54, 1.807) is 19.1 Å². The maximum atomic E-state index is 12.0. The molecule has 0 aromatic heterocycles. The van der Waals surface area contributed by atoms with Crippen molar-refractivity contribution in [1.82, 2.24) is 0 Å². The molecule has 0 unspecified atom stereocenters. The van der Waals surface area contributed by atoms with Crippen molar-refractivity contribution in [2.45, 2.75) is 45.6 Å². The summed E-state index contributed by atoms with van der Waals surface area (Å²) in [5.41, 5.74) is 0.459. The van der Waals surface area contributed by atoms with Crippen LogP contribution in [-0.4, -0.2) is 30.6 Å². The molecule has 4 nitrogen and oxygen atoms in total. The molecule has 0 atom stereocenters. The molecule has 0 spiro atoms. The van der Waals surface area contributed by atoms with Crippen LogP contribution >= 0.6 is 0 Å². The van der Waals surface area contributed by atoms with Gasteiger partial charge in [0.15, 0.2) is 5.78 Å². The lowest BCUT2D eigenvalue weighted by atomic mass is 9.93. The lowest BCUT2D eigenvalue weighted by Crippen LogP contribution is -2.35. The molecule has 126 valence electrons. The number of Topliss-reactive ketones (excluding diaryl/α,β-unsaturated/α-hetero) is 1. The third kappa shape index (κ3) is 5.99. The van der Waals surface area contributed by atoms with Crippen molar-refractivity contribution in [3.63, 3.8) is 0 Å². The minimum absolute atomic E-state index is 0.0297. The SMILES string of the molecule is C=C(C)C(=O)OC(CC)(CC)CCOCC(=O)c1ccccc1. The molecule has 0 amide bonds. The average Bonchev–Trinajstić information content (AvgIpc) is 2.58. The van der Waals surface area contributed by atoms with Gasteiger partial charge in [-0.25, -0.2) is 4.79 Å². The average molecular weight is 318 g/mol. The third-order valence-corrected chi connectivity index (χ3v) is 3.98. The summed E-state index contributed by atoms with van der Waals surface area (Å²) in [7, 11) is 0. The highest BCUT2D eigenvalue weighted by Gasteiger charge is 2.30. The van der Waals surface area contributed by atoms with Crippen molar-refractivity contribution in [1.29, 1.82) is 0 Å². The first kappa shape index (κ1) is 19.1. The van der Waals surface area contributed by atoms with Gasteiger partial charge in [0, 0.05) is 17.6 Å². The predicted octanol–water partition coefficient (Wildman–Crippen LogP) is 3.95. The standard InChI is InChI=1S/C19H26O4/c1-5-19(6-2,23-18(21)15(3)4)12-13-22-14-17(20)16-10-8-7-9-11-16/h7-11H,3,5-6,12-14H2,1-2,4H3. The molecule has 0 bridgehead atoms. The van der Waals surface area contributed by atoms with E-state index < -0.39 is 5.60 Å². The fraction of sp³-hybridized carbons (Fsp3) is 0.474. The number of rotatable bonds is 10. The van der Waals surface area contributed by atoms with E-state index in [2.05, 4.69) is 6.58 Å². The van der Waals surface area contributed by atoms with Gasteiger partial charge in [-0.2, -0.15) is 0 Å². The number of ketones is 1.